The van der Waals surface area contributed by atoms with Gasteiger partial charge in [0, 0.05) is 20.1 Å². The van der Waals surface area contributed by atoms with Gasteiger partial charge in [-0.1, -0.05) is 58.4 Å². The Labute approximate surface area is 208 Å². The van der Waals surface area contributed by atoms with Gasteiger partial charge in [-0.05, 0) is 41.7 Å². The number of amides is 1. The molecule has 2 aromatic carbocycles. The largest absolute Gasteiger partial charge is 0.481 e. The fraction of sp³-hybridized carbons (Fsp3) is 0.333. The number of nitrogens with zero attached hydrogens (tertiary/aromatic N) is 1. The lowest BCUT2D eigenvalue weighted by Crippen LogP contribution is -2.26. The summed E-state index contributed by atoms with van der Waals surface area (Å²) in [6, 6.07) is 12.1. The van der Waals surface area contributed by atoms with Gasteiger partial charge in [-0.3, -0.25) is 13.9 Å². The molecular formula is C24H28BrN3O5S. The molecule has 0 fully saturated rings. The summed E-state index contributed by atoms with van der Waals surface area (Å²) in [5, 5.41) is 15.3. The van der Waals surface area contributed by atoms with E-state index in [0.29, 0.717) is 17.8 Å². The summed E-state index contributed by atoms with van der Waals surface area (Å²) < 4.78 is 28.3. The smallest absolute Gasteiger partial charge is 0.304 e. The van der Waals surface area contributed by atoms with Crippen molar-refractivity contribution >= 4 is 49.6 Å². The number of para-hydroxylation sites is 1. The third-order valence-corrected chi connectivity index (χ3v) is 7.90. The molecule has 1 amide bonds. The lowest BCUT2D eigenvalue weighted by atomic mass is 9.95. The van der Waals surface area contributed by atoms with Crippen molar-refractivity contribution in [1.82, 2.24) is 10.6 Å². The SMILES string of the molecule is CN1c2ccccc2C(NCCC(=O)O)c2ccc(/C=C/CCCNC(=O)CBr)cc2S1(=O)=O. The summed E-state index contributed by atoms with van der Waals surface area (Å²) in [5.74, 6) is -0.983. The normalized spacial score (nSPS) is 16.5. The third-order valence-electron chi connectivity index (χ3n) is 5.56. The molecule has 0 aliphatic carbocycles. The number of allylic oxidation sites excluding steroid dienone is 1. The molecule has 1 aliphatic heterocycles. The Balaban J connectivity index is 1.90. The summed E-state index contributed by atoms with van der Waals surface area (Å²) in [4.78, 5) is 22.5. The minimum atomic E-state index is -3.83. The molecule has 10 heteroatoms. The van der Waals surface area contributed by atoms with E-state index in [4.69, 9.17) is 5.11 Å². The quantitative estimate of drug-likeness (QED) is 0.309. The number of carbonyl (C=O) groups excluding carboxylic acids is 1. The lowest BCUT2D eigenvalue weighted by molar-refractivity contribution is -0.136. The Bertz CT molecular complexity index is 1180. The van der Waals surface area contributed by atoms with Crippen LogP contribution in [-0.2, 0) is 19.6 Å². The second-order valence-electron chi connectivity index (χ2n) is 7.89. The molecule has 1 atom stereocenters. The summed E-state index contributed by atoms with van der Waals surface area (Å²) in [5.41, 5.74) is 2.65. The summed E-state index contributed by atoms with van der Waals surface area (Å²) in [6.07, 6.45) is 5.25. The van der Waals surface area contributed by atoms with Crippen LogP contribution in [0.15, 0.2) is 53.4 Å². The molecule has 1 aliphatic rings. The Morgan fingerprint density at radius 1 is 1.15 bits per heavy atom. The Morgan fingerprint density at radius 3 is 2.65 bits per heavy atom. The van der Waals surface area contributed by atoms with Gasteiger partial charge in [-0.15, -0.1) is 0 Å². The standard InChI is InChI=1S/C24H28BrN3O5S/c1-28-20-9-5-4-8-18(20)24(27-14-12-23(30)31)19-11-10-17(15-21(19)34(28,32)33)7-3-2-6-13-26-22(29)16-25/h3-5,7-11,15,24,27H,2,6,12-14,16H2,1H3,(H,26,29)(H,30,31)/b7-3+. The van der Waals surface area contributed by atoms with Crippen LogP contribution in [0.2, 0.25) is 0 Å². The van der Waals surface area contributed by atoms with E-state index in [-0.39, 0.29) is 29.1 Å². The average Bonchev–Trinajstić information content (AvgIpc) is 2.89. The number of hydrogen-bond acceptors (Lipinski definition) is 5. The van der Waals surface area contributed by atoms with Crippen molar-refractivity contribution in [3.8, 4) is 0 Å². The number of nitrogens with one attached hydrogen (secondary N) is 2. The van der Waals surface area contributed by atoms with Gasteiger partial charge in [-0.2, -0.15) is 0 Å². The van der Waals surface area contributed by atoms with Crippen molar-refractivity contribution in [2.24, 2.45) is 0 Å². The van der Waals surface area contributed by atoms with E-state index in [1.165, 1.54) is 11.4 Å². The maximum Gasteiger partial charge on any atom is 0.304 e. The van der Waals surface area contributed by atoms with Gasteiger partial charge in [-0.25, -0.2) is 8.42 Å². The first kappa shape index (κ1) is 25.9. The molecule has 0 spiro atoms. The van der Waals surface area contributed by atoms with Crippen molar-refractivity contribution in [1.29, 1.82) is 0 Å². The molecule has 1 unspecified atom stereocenters. The topological polar surface area (TPSA) is 116 Å². The molecule has 0 aromatic heterocycles. The first-order chi connectivity index (χ1) is 16.3. The van der Waals surface area contributed by atoms with E-state index in [1.54, 1.807) is 24.3 Å². The average molecular weight is 550 g/mol. The molecule has 0 saturated heterocycles. The number of sulfonamides is 1. The van der Waals surface area contributed by atoms with E-state index in [9.17, 15) is 18.0 Å². The molecule has 1 heterocycles. The highest BCUT2D eigenvalue weighted by atomic mass is 79.9. The van der Waals surface area contributed by atoms with E-state index in [1.807, 2.05) is 30.4 Å². The van der Waals surface area contributed by atoms with Crippen molar-refractivity contribution in [2.75, 3.05) is 29.8 Å². The van der Waals surface area contributed by atoms with Gasteiger partial charge in [0.15, 0.2) is 0 Å². The van der Waals surface area contributed by atoms with Gasteiger partial charge in [0.1, 0.15) is 0 Å². The van der Waals surface area contributed by atoms with E-state index < -0.39 is 22.0 Å². The number of benzene rings is 2. The number of carbonyl (C=O) groups is 2. The highest BCUT2D eigenvalue weighted by molar-refractivity contribution is 9.09. The third kappa shape index (κ3) is 6.05. The number of alkyl halides is 1. The highest BCUT2D eigenvalue weighted by Crippen LogP contribution is 2.40. The molecule has 3 N–H and O–H groups in total. The van der Waals surface area contributed by atoms with E-state index in [2.05, 4.69) is 26.6 Å². The number of anilines is 1. The monoisotopic (exact) mass is 549 g/mol. The Morgan fingerprint density at radius 2 is 1.91 bits per heavy atom. The van der Waals surface area contributed by atoms with Gasteiger partial charge >= 0.3 is 5.97 Å². The van der Waals surface area contributed by atoms with Crippen LogP contribution in [0.4, 0.5) is 5.69 Å². The molecular weight excluding hydrogens is 522 g/mol. The fourth-order valence-corrected chi connectivity index (χ4v) is 5.52. The molecule has 34 heavy (non-hydrogen) atoms. The zero-order chi connectivity index (χ0) is 24.7. The van der Waals surface area contributed by atoms with Gasteiger partial charge in [0.25, 0.3) is 10.0 Å². The number of unbranched alkanes of at least 4 members (excludes halogenated alkanes) is 1. The summed E-state index contributed by atoms with van der Waals surface area (Å²) in [7, 11) is -2.30. The van der Waals surface area contributed by atoms with Gasteiger partial charge < -0.3 is 15.7 Å². The number of hydrogen-bond donors (Lipinski definition) is 3. The summed E-state index contributed by atoms with van der Waals surface area (Å²) in [6.45, 7) is 0.769. The Hall–Kier alpha value is -2.69. The maximum atomic E-state index is 13.5. The van der Waals surface area contributed by atoms with Crippen molar-refractivity contribution < 1.29 is 23.1 Å². The van der Waals surface area contributed by atoms with Gasteiger partial charge in [0.2, 0.25) is 5.91 Å². The molecule has 2 aromatic rings. The fourth-order valence-electron chi connectivity index (χ4n) is 3.84. The molecule has 3 rings (SSSR count). The van der Waals surface area contributed by atoms with Gasteiger partial charge in [0.05, 0.1) is 28.4 Å². The minimum absolute atomic E-state index is 0.0587. The molecule has 0 bridgehead atoms. The van der Waals surface area contributed by atoms with Crippen LogP contribution >= 0.6 is 15.9 Å². The summed E-state index contributed by atoms with van der Waals surface area (Å²) >= 11 is 3.10. The number of aliphatic carboxylic acids is 1. The van der Waals surface area contributed by atoms with Crippen LogP contribution in [0.3, 0.4) is 0 Å². The zero-order valence-electron chi connectivity index (χ0n) is 18.8. The Kier molecular flexibility index (Phi) is 8.87. The number of halogens is 1. The zero-order valence-corrected chi connectivity index (χ0v) is 21.2. The number of carboxylic acid groups (broad SMARTS) is 1. The lowest BCUT2D eigenvalue weighted by Gasteiger charge is -2.21. The molecule has 8 nitrogen and oxygen atoms in total. The van der Waals surface area contributed by atoms with E-state index in [0.717, 1.165) is 24.0 Å². The number of carboxylic acids is 1. The molecule has 0 saturated carbocycles. The molecule has 182 valence electrons. The van der Waals surface area contributed by atoms with Crippen molar-refractivity contribution in [3.05, 3.63) is 65.2 Å². The maximum absolute atomic E-state index is 13.5. The minimum Gasteiger partial charge on any atom is -0.481 e. The van der Waals surface area contributed by atoms with E-state index >= 15 is 0 Å². The van der Waals surface area contributed by atoms with Crippen LogP contribution in [-0.4, -0.2) is 50.9 Å². The first-order valence-electron chi connectivity index (χ1n) is 10.9. The van der Waals surface area contributed by atoms with Crippen molar-refractivity contribution in [2.45, 2.75) is 30.2 Å². The number of fused-ring (bicyclic) bond motifs is 2. The first-order valence-corrected chi connectivity index (χ1v) is 13.5. The van der Waals surface area contributed by atoms with Crippen LogP contribution < -0.4 is 14.9 Å². The van der Waals surface area contributed by atoms with Crippen LogP contribution in [0.25, 0.3) is 6.08 Å². The molecule has 0 radical (unpaired) electrons. The highest BCUT2D eigenvalue weighted by Gasteiger charge is 2.34. The second kappa shape index (κ2) is 11.6. The second-order valence-corrected chi connectivity index (χ2v) is 10.4. The van der Waals surface area contributed by atoms with Crippen LogP contribution in [0.1, 0.15) is 42.0 Å². The van der Waals surface area contributed by atoms with Crippen LogP contribution in [0, 0.1) is 0 Å². The predicted octanol–water partition coefficient (Wildman–Crippen LogP) is 3.28. The van der Waals surface area contributed by atoms with Crippen LogP contribution in [0.5, 0.6) is 0 Å². The number of rotatable bonds is 10. The van der Waals surface area contributed by atoms with Crippen molar-refractivity contribution in [3.63, 3.8) is 0 Å². The predicted molar refractivity (Wildman–Crippen MR) is 136 cm³/mol.